The molecular weight excluding hydrogens is 440 g/mol. The molecule has 10 heteroatoms. The number of anilines is 1. The van der Waals surface area contributed by atoms with Crippen molar-refractivity contribution in [1.29, 1.82) is 5.26 Å². The van der Waals surface area contributed by atoms with Crippen molar-refractivity contribution in [1.82, 2.24) is 14.9 Å². The van der Waals surface area contributed by atoms with Crippen molar-refractivity contribution >= 4 is 23.5 Å². The fraction of sp³-hybridized carbons (Fsp3) is 0.545. The largest absolute Gasteiger partial charge is 0.476 e. The summed E-state index contributed by atoms with van der Waals surface area (Å²) in [6.45, 7) is 6.26. The second-order valence-electron chi connectivity index (χ2n) is 8.76. The molecule has 0 spiro atoms. The number of nitrogens with zero attached hydrogens (tertiary/aromatic N) is 4. The zero-order chi connectivity index (χ0) is 23.7. The van der Waals surface area contributed by atoms with Gasteiger partial charge >= 0.3 is 0 Å². The number of piperidine rings is 1. The van der Waals surface area contributed by atoms with Gasteiger partial charge < -0.3 is 15.0 Å². The minimum absolute atomic E-state index is 0.00287. The monoisotopic (exact) mass is 465 g/mol. The third-order valence-corrected chi connectivity index (χ3v) is 6.15. The number of nitrogens with one attached hydrogen (secondary N) is 1. The van der Waals surface area contributed by atoms with E-state index in [9.17, 15) is 18.8 Å². The van der Waals surface area contributed by atoms with Crippen molar-refractivity contribution in [2.45, 2.75) is 40.0 Å². The lowest BCUT2D eigenvalue weighted by molar-refractivity contribution is -0.151. The first-order valence-electron chi connectivity index (χ1n) is 10.3. The molecule has 32 heavy (non-hydrogen) atoms. The lowest BCUT2D eigenvalue weighted by Gasteiger charge is -2.37. The highest BCUT2D eigenvalue weighted by molar-refractivity contribution is 6.31. The standard InChI is InChI=1S/C22H26ClF2N5O2/c1-13-7-16(21(3,4)11-26)8-18(13)28-20-27-9-17(23)19(29-20)32-10-15-5-6-30(14(2)31)12-22(15,24)25/h7-9,15-16H,5-6,10,12H2,1-4H3,(H,27,28,29). The number of carbonyl (C=O) groups excluding carboxylic acids is 1. The molecule has 2 heterocycles. The van der Waals surface area contributed by atoms with Crippen LogP contribution >= 0.6 is 11.6 Å². The lowest BCUT2D eigenvalue weighted by atomic mass is 9.81. The first-order valence-corrected chi connectivity index (χ1v) is 10.7. The quantitative estimate of drug-likeness (QED) is 0.668. The highest BCUT2D eigenvalue weighted by atomic mass is 35.5. The van der Waals surface area contributed by atoms with Crippen LogP contribution < -0.4 is 10.1 Å². The molecule has 1 saturated heterocycles. The van der Waals surface area contributed by atoms with Gasteiger partial charge in [0.25, 0.3) is 5.92 Å². The van der Waals surface area contributed by atoms with Crippen LogP contribution in [0.25, 0.3) is 0 Å². The van der Waals surface area contributed by atoms with Gasteiger partial charge in [0.1, 0.15) is 5.02 Å². The number of alkyl halides is 2. The van der Waals surface area contributed by atoms with Gasteiger partial charge in [0.05, 0.1) is 36.8 Å². The van der Waals surface area contributed by atoms with Crippen molar-refractivity contribution < 1.29 is 18.3 Å². The predicted molar refractivity (Wildman–Crippen MR) is 116 cm³/mol. The molecule has 1 amide bonds. The Balaban J connectivity index is 1.68. The predicted octanol–water partition coefficient (Wildman–Crippen LogP) is 4.43. The first kappa shape index (κ1) is 23.9. The Bertz CT molecular complexity index is 1000. The van der Waals surface area contributed by atoms with Gasteiger partial charge in [-0.3, -0.25) is 4.79 Å². The van der Waals surface area contributed by atoms with Gasteiger partial charge in [-0.15, -0.1) is 0 Å². The maximum absolute atomic E-state index is 14.4. The van der Waals surface area contributed by atoms with Gasteiger partial charge in [0.15, 0.2) is 0 Å². The van der Waals surface area contributed by atoms with E-state index in [2.05, 4.69) is 21.4 Å². The third kappa shape index (κ3) is 5.18. The van der Waals surface area contributed by atoms with Crippen LogP contribution in [-0.4, -0.2) is 46.4 Å². The average Bonchev–Trinajstić information content (AvgIpc) is 3.09. The second kappa shape index (κ2) is 9.02. The molecular formula is C22H26ClF2N5O2. The molecule has 2 atom stereocenters. The average molecular weight is 466 g/mol. The van der Waals surface area contributed by atoms with Crippen LogP contribution in [0.4, 0.5) is 14.7 Å². The van der Waals surface area contributed by atoms with Crippen LogP contribution in [0.5, 0.6) is 5.88 Å². The number of nitriles is 1. The second-order valence-corrected chi connectivity index (χ2v) is 9.17. The number of hydrogen-bond donors (Lipinski definition) is 1. The summed E-state index contributed by atoms with van der Waals surface area (Å²) < 4.78 is 34.4. The van der Waals surface area contributed by atoms with Crippen molar-refractivity contribution in [3.8, 4) is 11.9 Å². The number of hydrogen-bond acceptors (Lipinski definition) is 6. The summed E-state index contributed by atoms with van der Waals surface area (Å²) in [5.74, 6) is -4.35. The molecule has 1 aliphatic heterocycles. The number of rotatable bonds is 6. The molecule has 7 nitrogen and oxygen atoms in total. The fourth-order valence-electron chi connectivity index (χ4n) is 3.62. The Hall–Kier alpha value is -2.73. The molecule has 0 radical (unpaired) electrons. The van der Waals surface area contributed by atoms with Crippen molar-refractivity contribution in [2.24, 2.45) is 17.3 Å². The van der Waals surface area contributed by atoms with Crippen LogP contribution in [0.15, 0.2) is 29.6 Å². The van der Waals surface area contributed by atoms with E-state index >= 15 is 0 Å². The van der Waals surface area contributed by atoms with Gasteiger partial charge in [-0.2, -0.15) is 10.2 Å². The SMILES string of the molecule is CC(=O)N1CCC(COc2nc(NC3=CC(C(C)(C)C#N)C=C3C)ncc2Cl)C(F)(F)C1. The van der Waals surface area contributed by atoms with Crippen molar-refractivity contribution in [3.05, 3.63) is 34.6 Å². The van der Waals surface area contributed by atoms with Crippen LogP contribution in [0.3, 0.4) is 0 Å². The summed E-state index contributed by atoms with van der Waals surface area (Å²) in [5, 5.41) is 12.6. The molecule has 0 aromatic carbocycles. The highest BCUT2D eigenvalue weighted by Gasteiger charge is 2.45. The zero-order valence-corrected chi connectivity index (χ0v) is 19.2. The molecule has 172 valence electrons. The summed E-state index contributed by atoms with van der Waals surface area (Å²) >= 11 is 6.12. The minimum atomic E-state index is -3.07. The number of halogens is 3. The molecule has 0 bridgehead atoms. The summed E-state index contributed by atoms with van der Waals surface area (Å²) in [7, 11) is 0. The minimum Gasteiger partial charge on any atom is -0.476 e. The Morgan fingerprint density at radius 3 is 2.81 bits per heavy atom. The van der Waals surface area contributed by atoms with Gasteiger partial charge in [-0.1, -0.05) is 23.8 Å². The van der Waals surface area contributed by atoms with Gasteiger partial charge in [0.2, 0.25) is 17.7 Å². The topological polar surface area (TPSA) is 91.1 Å². The molecule has 0 saturated carbocycles. The molecule has 3 rings (SSSR count). The Morgan fingerprint density at radius 2 is 2.19 bits per heavy atom. The Morgan fingerprint density at radius 1 is 1.47 bits per heavy atom. The summed E-state index contributed by atoms with van der Waals surface area (Å²) in [4.78, 5) is 20.9. The van der Waals surface area contributed by atoms with E-state index in [1.54, 1.807) is 0 Å². The summed E-state index contributed by atoms with van der Waals surface area (Å²) in [6.07, 6.45) is 5.39. The van der Waals surface area contributed by atoms with Gasteiger partial charge in [-0.05, 0) is 32.8 Å². The number of likely N-dealkylation sites (tertiary alicyclic amines) is 1. The summed E-state index contributed by atoms with van der Waals surface area (Å²) in [5.41, 5.74) is 1.13. The van der Waals surface area contributed by atoms with Crippen LogP contribution in [0, 0.1) is 28.6 Å². The van der Waals surface area contributed by atoms with Crippen LogP contribution in [0.1, 0.15) is 34.1 Å². The zero-order valence-electron chi connectivity index (χ0n) is 18.5. The molecule has 1 aromatic rings. The number of aromatic nitrogens is 2. The smallest absolute Gasteiger partial charge is 0.271 e. The first-order chi connectivity index (χ1) is 14.9. The number of amides is 1. The molecule has 2 aliphatic rings. The normalized spacial score (nSPS) is 22.6. The molecule has 1 fully saturated rings. The Kier molecular flexibility index (Phi) is 6.75. The van der Waals surface area contributed by atoms with E-state index in [0.29, 0.717) is 0 Å². The van der Waals surface area contributed by atoms with Crippen LogP contribution in [-0.2, 0) is 4.79 Å². The van der Waals surface area contributed by atoms with Crippen LogP contribution in [0.2, 0.25) is 5.02 Å². The number of ether oxygens (including phenoxy) is 1. The lowest BCUT2D eigenvalue weighted by Crippen LogP contribution is -2.51. The number of allylic oxidation sites excluding steroid dienone is 3. The number of carbonyl (C=O) groups is 1. The maximum atomic E-state index is 14.4. The molecule has 1 N–H and O–H groups in total. The van der Waals surface area contributed by atoms with E-state index in [1.165, 1.54) is 13.1 Å². The Labute approximate surface area is 191 Å². The molecule has 2 unspecified atom stereocenters. The van der Waals surface area contributed by atoms with E-state index in [-0.39, 0.29) is 48.2 Å². The van der Waals surface area contributed by atoms with E-state index in [4.69, 9.17) is 16.3 Å². The van der Waals surface area contributed by atoms with Gasteiger partial charge in [-0.25, -0.2) is 13.8 Å². The fourth-order valence-corrected chi connectivity index (χ4v) is 3.77. The molecule has 1 aromatic heterocycles. The van der Waals surface area contributed by atoms with Crippen molar-refractivity contribution in [2.75, 3.05) is 25.0 Å². The third-order valence-electron chi connectivity index (χ3n) is 5.89. The van der Waals surface area contributed by atoms with E-state index in [0.717, 1.165) is 16.2 Å². The van der Waals surface area contributed by atoms with Gasteiger partial charge in [0, 0.05) is 25.1 Å². The van der Waals surface area contributed by atoms with Crippen molar-refractivity contribution in [3.63, 3.8) is 0 Å². The molecule has 1 aliphatic carbocycles. The van der Waals surface area contributed by atoms with E-state index in [1.807, 2.05) is 32.9 Å². The maximum Gasteiger partial charge on any atom is 0.271 e. The van der Waals surface area contributed by atoms with E-state index < -0.39 is 23.8 Å². The summed E-state index contributed by atoms with van der Waals surface area (Å²) in [6, 6.07) is 2.30. The highest BCUT2D eigenvalue weighted by Crippen LogP contribution is 2.37.